The first-order valence-corrected chi connectivity index (χ1v) is 10.7. The standard InChI is InChI=1S/C23H34N2O2/c1-24(22(26)20-16-23(20)11-5-12-23)17-18-8-13-25(14-9-18)15-10-19-6-3-4-7-21(19)27-2/h3-4,6-7,18,20H,5,8-17H2,1-2H3. The fourth-order valence-electron chi connectivity index (χ4n) is 5.20. The number of para-hydroxylation sites is 1. The molecule has 1 aromatic carbocycles. The monoisotopic (exact) mass is 370 g/mol. The summed E-state index contributed by atoms with van der Waals surface area (Å²) in [5.74, 6) is 2.44. The van der Waals surface area contributed by atoms with Gasteiger partial charge in [-0.3, -0.25) is 4.79 Å². The summed E-state index contributed by atoms with van der Waals surface area (Å²) in [5.41, 5.74) is 1.74. The van der Waals surface area contributed by atoms with Gasteiger partial charge in [0.1, 0.15) is 5.75 Å². The van der Waals surface area contributed by atoms with Crippen LogP contribution in [0, 0.1) is 17.3 Å². The zero-order chi connectivity index (χ0) is 18.9. The van der Waals surface area contributed by atoms with Crippen LogP contribution in [0.4, 0.5) is 0 Å². The van der Waals surface area contributed by atoms with Crippen molar-refractivity contribution in [1.82, 2.24) is 9.80 Å². The second-order valence-electron chi connectivity index (χ2n) is 9.04. The second kappa shape index (κ2) is 7.83. The van der Waals surface area contributed by atoms with Crippen molar-refractivity contribution in [3.8, 4) is 5.75 Å². The first kappa shape index (κ1) is 18.8. The molecule has 3 fully saturated rings. The molecule has 4 rings (SSSR count). The summed E-state index contributed by atoms with van der Waals surface area (Å²) in [6.07, 6.45) is 8.54. The molecule has 2 aliphatic carbocycles. The van der Waals surface area contributed by atoms with Crippen LogP contribution in [0.5, 0.6) is 5.75 Å². The molecule has 3 aliphatic rings. The van der Waals surface area contributed by atoms with Crippen molar-refractivity contribution in [3.63, 3.8) is 0 Å². The fraction of sp³-hybridized carbons (Fsp3) is 0.696. The van der Waals surface area contributed by atoms with E-state index in [4.69, 9.17) is 4.74 Å². The molecule has 27 heavy (non-hydrogen) atoms. The van der Waals surface area contributed by atoms with Crippen LogP contribution in [0.3, 0.4) is 0 Å². The van der Waals surface area contributed by atoms with Crippen LogP contribution in [0.15, 0.2) is 24.3 Å². The summed E-state index contributed by atoms with van der Waals surface area (Å²) < 4.78 is 5.46. The number of amides is 1. The third kappa shape index (κ3) is 4.01. The van der Waals surface area contributed by atoms with Crippen LogP contribution >= 0.6 is 0 Å². The van der Waals surface area contributed by atoms with Gasteiger partial charge < -0.3 is 14.5 Å². The van der Waals surface area contributed by atoms with E-state index in [1.807, 2.05) is 24.1 Å². The molecule has 1 atom stereocenters. The normalized spacial score (nSPS) is 24.4. The fourth-order valence-corrected chi connectivity index (χ4v) is 5.20. The van der Waals surface area contributed by atoms with Crippen LogP contribution in [0.1, 0.15) is 44.1 Å². The van der Waals surface area contributed by atoms with E-state index in [1.54, 1.807) is 7.11 Å². The van der Waals surface area contributed by atoms with Gasteiger partial charge in [0.25, 0.3) is 0 Å². The van der Waals surface area contributed by atoms with E-state index in [-0.39, 0.29) is 0 Å². The number of methoxy groups -OCH3 is 1. The summed E-state index contributed by atoms with van der Waals surface area (Å²) in [5, 5.41) is 0. The Bertz CT molecular complexity index is 662. The van der Waals surface area contributed by atoms with Crippen LogP contribution in [-0.2, 0) is 11.2 Å². The smallest absolute Gasteiger partial charge is 0.226 e. The van der Waals surface area contributed by atoms with Gasteiger partial charge in [-0.2, -0.15) is 0 Å². The molecule has 148 valence electrons. The lowest BCUT2D eigenvalue weighted by molar-refractivity contribution is -0.133. The predicted molar refractivity (Wildman–Crippen MR) is 108 cm³/mol. The lowest BCUT2D eigenvalue weighted by atomic mass is 9.79. The molecule has 1 amide bonds. The predicted octanol–water partition coefficient (Wildman–Crippen LogP) is 3.60. The van der Waals surface area contributed by atoms with Crippen LogP contribution < -0.4 is 4.74 Å². The SMILES string of the molecule is COc1ccccc1CCN1CCC(CN(C)C(=O)C2CC23CCC3)CC1. The first-order chi connectivity index (χ1) is 13.1. The van der Waals surface area contributed by atoms with Gasteiger partial charge in [-0.15, -0.1) is 0 Å². The molecule has 0 aromatic heterocycles. The minimum absolute atomic E-state index is 0.359. The van der Waals surface area contributed by atoms with Crippen LogP contribution in [0.25, 0.3) is 0 Å². The molecule has 1 saturated heterocycles. The Morgan fingerprint density at radius 3 is 2.63 bits per heavy atom. The molecule has 0 radical (unpaired) electrons. The van der Waals surface area contributed by atoms with E-state index in [0.29, 0.717) is 23.2 Å². The van der Waals surface area contributed by atoms with E-state index in [2.05, 4.69) is 17.0 Å². The van der Waals surface area contributed by atoms with E-state index in [1.165, 1.54) is 37.7 Å². The molecule has 0 N–H and O–H groups in total. The maximum Gasteiger partial charge on any atom is 0.226 e. The molecule has 2 saturated carbocycles. The summed E-state index contributed by atoms with van der Waals surface area (Å²) in [7, 11) is 3.78. The molecule has 1 heterocycles. The van der Waals surface area contributed by atoms with Crippen LogP contribution in [-0.4, -0.2) is 56.0 Å². The molecule has 4 nitrogen and oxygen atoms in total. The third-order valence-electron chi connectivity index (χ3n) is 7.34. The Morgan fingerprint density at radius 1 is 1.26 bits per heavy atom. The molecular formula is C23H34N2O2. The lowest BCUT2D eigenvalue weighted by Crippen LogP contribution is -2.41. The van der Waals surface area contributed by atoms with Crippen molar-refractivity contribution in [2.75, 3.05) is 40.3 Å². The van der Waals surface area contributed by atoms with E-state index in [0.717, 1.165) is 44.8 Å². The summed E-state index contributed by atoms with van der Waals surface area (Å²) in [6.45, 7) is 4.34. The Balaban J connectivity index is 1.18. The number of ether oxygens (including phenoxy) is 1. The van der Waals surface area contributed by atoms with Gasteiger partial charge in [-0.1, -0.05) is 24.6 Å². The van der Waals surface area contributed by atoms with Gasteiger partial charge in [-0.25, -0.2) is 0 Å². The highest BCUT2D eigenvalue weighted by molar-refractivity contribution is 5.82. The highest BCUT2D eigenvalue weighted by atomic mass is 16.5. The van der Waals surface area contributed by atoms with Gasteiger partial charge in [0, 0.05) is 26.1 Å². The highest BCUT2D eigenvalue weighted by Gasteiger charge is 2.61. The van der Waals surface area contributed by atoms with Crippen molar-refractivity contribution in [3.05, 3.63) is 29.8 Å². The number of rotatable bonds is 7. The number of likely N-dealkylation sites (tertiary alicyclic amines) is 1. The molecule has 1 unspecified atom stereocenters. The molecule has 1 spiro atoms. The summed E-state index contributed by atoms with van der Waals surface area (Å²) in [6, 6.07) is 8.32. The zero-order valence-electron chi connectivity index (χ0n) is 17.0. The van der Waals surface area contributed by atoms with Gasteiger partial charge in [0.05, 0.1) is 7.11 Å². The van der Waals surface area contributed by atoms with Crippen LogP contribution in [0.2, 0.25) is 0 Å². The second-order valence-corrected chi connectivity index (χ2v) is 9.04. The number of nitrogens with zero attached hydrogens (tertiary/aromatic N) is 2. The molecular weight excluding hydrogens is 336 g/mol. The number of hydrogen-bond donors (Lipinski definition) is 0. The van der Waals surface area contributed by atoms with Crippen molar-refractivity contribution >= 4 is 5.91 Å². The first-order valence-electron chi connectivity index (χ1n) is 10.7. The van der Waals surface area contributed by atoms with Crippen molar-refractivity contribution in [2.45, 2.75) is 44.9 Å². The van der Waals surface area contributed by atoms with E-state index in [9.17, 15) is 4.79 Å². The highest BCUT2D eigenvalue weighted by Crippen LogP contribution is 2.65. The Hall–Kier alpha value is -1.55. The van der Waals surface area contributed by atoms with Crippen molar-refractivity contribution in [1.29, 1.82) is 0 Å². The number of benzene rings is 1. The van der Waals surface area contributed by atoms with Gasteiger partial charge in [0.15, 0.2) is 0 Å². The van der Waals surface area contributed by atoms with Crippen molar-refractivity contribution < 1.29 is 9.53 Å². The Labute approximate surface area is 163 Å². The molecule has 1 aromatic rings. The zero-order valence-corrected chi connectivity index (χ0v) is 17.0. The Morgan fingerprint density at radius 2 is 2.00 bits per heavy atom. The summed E-state index contributed by atoms with van der Waals surface area (Å²) >= 11 is 0. The van der Waals surface area contributed by atoms with Crippen molar-refractivity contribution in [2.24, 2.45) is 17.3 Å². The third-order valence-corrected chi connectivity index (χ3v) is 7.34. The number of piperidine rings is 1. The number of carbonyl (C=O) groups is 1. The minimum atomic E-state index is 0.359. The molecule has 4 heteroatoms. The van der Waals surface area contributed by atoms with Gasteiger partial charge in [-0.05, 0) is 74.6 Å². The molecule has 0 bridgehead atoms. The van der Waals surface area contributed by atoms with E-state index < -0.39 is 0 Å². The topological polar surface area (TPSA) is 32.8 Å². The largest absolute Gasteiger partial charge is 0.496 e. The van der Waals surface area contributed by atoms with E-state index >= 15 is 0 Å². The number of hydrogen-bond acceptors (Lipinski definition) is 3. The quantitative estimate of drug-likeness (QED) is 0.735. The number of carbonyl (C=O) groups excluding carboxylic acids is 1. The van der Waals surface area contributed by atoms with Gasteiger partial charge >= 0.3 is 0 Å². The molecule has 1 aliphatic heterocycles. The maximum absolute atomic E-state index is 12.7. The Kier molecular flexibility index (Phi) is 5.45. The van der Waals surface area contributed by atoms with Gasteiger partial charge in [0.2, 0.25) is 5.91 Å². The average Bonchev–Trinajstić information content (AvgIpc) is 3.43. The average molecular weight is 371 g/mol. The lowest BCUT2D eigenvalue weighted by Gasteiger charge is -2.34. The minimum Gasteiger partial charge on any atom is -0.496 e. The summed E-state index contributed by atoms with van der Waals surface area (Å²) in [4.78, 5) is 17.3. The maximum atomic E-state index is 12.7.